The van der Waals surface area contributed by atoms with Gasteiger partial charge in [-0.1, -0.05) is 182 Å². The lowest BCUT2D eigenvalue weighted by Gasteiger charge is -2.24. The van der Waals surface area contributed by atoms with E-state index in [0.29, 0.717) is 5.84 Å². The molecule has 4 heteroatoms. The first-order valence-corrected chi connectivity index (χ1v) is 20.9. The Kier molecular flexibility index (Phi) is 7.78. The van der Waals surface area contributed by atoms with Crippen LogP contribution in [-0.2, 0) is 0 Å². The Hall–Kier alpha value is -7.40. The van der Waals surface area contributed by atoms with E-state index in [-0.39, 0.29) is 6.17 Å². The summed E-state index contributed by atoms with van der Waals surface area (Å²) >= 11 is 1.83. The van der Waals surface area contributed by atoms with Gasteiger partial charge in [0.15, 0.2) is 5.84 Å². The maximum atomic E-state index is 5.36. The molecular weight excluding hydrogens is 735 g/mol. The van der Waals surface area contributed by atoms with Crippen molar-refractivity contribution in [1.82, 2.24) is 5.32 Å². The highest BCUT2D eigenvalue weighted by molar-refractivity contribution is 7.26. The molecule has 1 aliphatic rings. The third kappa shape index (κ3) is 5.64. The first-order chi connectivity index (χ1) is 29.2. The fourth-order valence-electron chi connectivity index (χ4n) is 9.06. The van der Waals surface area contributed by atoms with E-state index in [4.69, 9.17) is 9.98 Å². The highest BCUT2D eigenvalue weighted by Crippen LogP contribution is 2.40. The quantitative estimate of drug-likeness (QED) is 0.174. The molecule has 2 heterocycles. The summed E-state index contributed by atoms with van der Waals surface area (Å²) in [6, 6.07) is 72.2. The molecule has 0 radical (unpaired) electrons. The third-order valence-corrected chi connectivity index (χ3v) is 13.2. The van der Waals surface area contributed by atoms with Crippen LogP contribution in [0, 0.1) is 0 Å². The predicted molar refractivity (Wildman–Crippen MR) is 252 cm³/mol. The SMILES string of the molecule is c1ccc2c(c1)cc(-c1ccc(C3=NC(c4cccc5c4sc4ccccc45)NC(c4ccc(-c5cc6ccccc6c6ccccc56)cc4)=N3)cc1)c1ccccc12. The van der Waals surface area contributed by atoms with Crippen LogP contribution < -0.4 is 5.32 Å². The largest absolute Gasteiger partial charge is 0.344 e. The van der Waals surface area contributed by atoms with Crippen molar-refractivity contribution in [2.24, 2.45) is 9.98 Å². The zero-order valence-corrected chi connectivity index (χ0v) is 32.7. The summed E-state index contributed by atoms with van der Waals surface area (Å²) < 4.78 is 2.52. The van der Waals surface area contributed by atoms with Gasteiger partial charge in [-0.3, -0.25) is 0 Å². The van der Waals surface area contributed by atoms with E-state index in [0.717, 1.165) is 28.1 Å². The topological polar surface area (TPSA) is 36.8 Å². The molecule has 1 aliphatic heterocycles. The minimum atomic E-state index is -0.331. The van der Waals surface area contributed by atoms with Gasteiger partial charge in [-0.25, -0.2) is 9.98 Å². The second-order valence-corrected chi connectivity index (χ2v) is 16.4. The van der Waals surface area contributed by atoms with Crippen LogP contribution in [0.2, 0.25) is 0 Å². The van der Waals surface area contributed by atoms with Crippen LogP contribution in [0.5, 0.6) is 0 Å². The molecule has 276 valence electrons. The van der Waals surface area contributed by atoms with E-state index >= 15 is 0 Å². The summed E-state index contributed by atoms with van der Waals surface area (Å²) in [4.78, 5) is 10.6. The summed E-state index contributed by atoms with van der Waals surface area (Å²) in [6.45, 7) is 0. The summed E-state index contributed by atoms with van der Waals surface area (Å²) in [5.41, 5.74) is 7.91. The molecule has 0 amide bonds. The summed E-state index contributed by atoms with van der Waals surface area (Å²) in [6.07, 6.45) is -0.331. The van der Waals surface area contributed by atoms with Gasteiger partial charge in [0, 0.05) is 36.9 Å². The van der Waals surface area contributed by atoms with Gasteiger partial charge >= 0.3 is 0 Å². The van der Waals surface area contributed by atoms with Gasteiger partial charge in [0.2, 0.25) is 0 Å². The maximum absolute atomic E-state index is 5.36. The number of hydrogen-bond acceptors (Lipinski definition) is 4. The van der Waals surface area contributed by atoms with Gasteiger partial charge in [0.05, 0.1) is 0 Å². The molecular formula is C55H35N3S. The minimum Gasteiger partial charge on any atom is -0.344 e. The fraction of sp³-hybridized carbons (Fsp3) is 0.0182. The second-order valence-electron chi connectivity index (χ2n) is 15.3. The number of thiophene rings is 1. The van der Waals surface area contributed by atoms with E-state index in [1.54, 1.807) is 0 Å². The molecule has 0 saturated heterocycles. The summed E-state index contributed by atoms with van der Waals surface area (Å²) in [5.74, 6) is 1.51. The number of nitrogens with zero attached hydrogens (tertiary/aromatic N) is 2. The maximum Gasteiger partial charge on any atom is 0.159 e. The van der Waals surface area contributed by atoms with Crippen molar-refractivity contribution in [2.75, 3.05) is 0 Å². The first-order valence-electron chi connectivity index (χ1n) is 20.1. The van der Waals surface area contributed by atoms with Crippen LogP contribution >= 0.6 is 11.3 Å². The molecule has 1 aromatic heterocycles. The Morgan fingerprint density at radius 1 is 0.390 bits per heavy atom. The highest BCUT2D eigenvalue weighted by Gasteiger charge is 2.24. The zero-order valence-electron chi connectivity index (χ0n) is 31.9. The molecule has 1 unspecified atom stereocenters. The number of hydrogen-bond donors (Lipinski definition) is 1. The van der Waals surface area contributed by atoms with Crippen LogP contribution in [0.25, 0.3) is 85.5 Å². The minimum absolute atomic E-state index is 0.331. The fourth-order valence-corrected chi connectivity index (χ4v) is 10.3. The molecule has 0 spiro atoms. The molecule has 1 N–H and O–H groups in total. The molecule has 12 rings (SSSR count). The van der Waals surface area contributed by atoms with Gasteiger partial charge in [-0.15, -0.1) is 11.3 Å². The molecule has 0 bridgehead atoms. The van der Waals surface area contributed by atoms with Crippen LogP contribution in [0.1, 0.15) is 22.9 Å². The Balaban J connectivity index is 0.970. The standard InChI is InChI=1S/C55H35N3S/c1-3-14-40-38(12-1)32-49(44-18-7-5-16-42(40)44)34-24-28-36(29-25-34)53-56-54(58-55(57-53)48-22-11-21-47-46-20-9-10-23-51(46)59-52(47)48)37-30-26-35(27-31-37)50-33-39-13-2-4-15-41(39)43-17-6-8-19-45(43)50/h1-33,55H,(H,56,57,58). The molecule has 0 saturated carbocycles. The second kappa shape index (κ2) is 13.6. The lowest BCUT2D eigenvalue weighted by Crippen LogP contribution is -2.33. The van der Waals surface area contributed by atoms with Gasteiger partial charge in [-0.2, -0.15) is 0 Å². The third-order valence-electron chi connectivity index (χ3n) is 11.9. The van der Waals surface area contributed by atoms with E-state index in [1.807, 2.05) is 11.3 Å². The van der Waals surface area contributed by atoms with Crippen molar-refractivity contribution in [1.29, 1.82) is 0 Å². The average Bonchev–Trinajstić information content (AvgIpc) is 3.70. The Labute approximate surface area is 345 Å². The number of nitrogens with one attached hydrogen (secondary N) is 1. The lowest BCUT2D eigenvalue weighted by atomic mass is 9.93. The number of rotatable bonds is 5. The molecule has 0 aliphatic carbocycles. The molecule has 11 aromatic rings. The molecule has 0 fully saturated rings. The van der Waals surface area contributed by atoms with Gasteiger partial charge in [0.1, 0.15) is 12.0 Å². The molecule has 3 nitrogen and oxygen atoms in total. The Morgan fingerprint density at radius 2 is 0.864 bits per heavy atom. The average molecular weight is 770 g/mol. The number of aliphatic imine (C=N–C) groups is 2. The molecule has 1 atom stereocenters. The summed E-state index contributed by atoms with van der Waals surface area (Å²) in [7, 11) is 0. The number of amidine groups is 2. The van der Waals surface area contributed by atoms with Gasteiger partial charge in [0.25, 0.3) is 0 Å². The number of fused-ring (bicyclic) bond motifs is 9. The zero-order chi connectivity index (χ0) is 38.9. The monoisotopic (exact) mass is 769 g/mol. The van der Waals surface area contributed by atoms with E-state index in [2.05, 4.69) is 206 Å². The molecule has 10 aromatic carbocycles. The predicted octanol–water partition coefficient (Wildman–Crippen LogP) is 14.5. The smallest absolute Gasteiger partial charge is 0.159 e. The normalized spacial score (nSPS) is 14.3. The molecule has 59 heavy (non-hydrogen) atoms. The van der Waals surface area contributed by atoms with E-state index < -0.39 is 0 Å². The van der Waals surface area contributed by atoms with Crippen molar-refractivity contribution in [3.8, 4) is 22.3 Å². The first kappa shape index (κ1) is 33.7. The van der Waals surface area contributed by atoms with Crippen molar-refractivity contribution < 1.29 is 0 Å². The van der Waals surface area contributed by atoms with Crippen molar-refractivity contribution in [3.05, 3.63) is 217 Å². The van der Waals surface area contributed by atoms with Crippen molar-refractivity contribution in [3.63, 3.8) is 0 Å². The number of benzene rings is 10. The highest BCUT2D eigenvalue weighted by atomic mass is 32.1. The van der Waals surface area contributed by atoms with Crippen LogP contribution in [0.15, 0.2) is 210 Å². The van der Waals surface area contributed by atoms with Crippen LogP contribution in [0.3, 0.4) is 0 Å². The van der Waals surface area contributed by atoms with Crippen molar-refractivity contribution >= 4 is 86.3 Å². The van der Waals surface area contributed by atoms with Crippen molar-refractivity contribution in [2.45, 2.75) is 6.17 Å². The Morgan fingerprint density at radius 3 is 1.47 bits per heavy atom. The lowest BCUT2D eigenvalue weighted by molar-refractivity contribution is 0.680. The van der Waals surface area contributed by atoms with Crippen LogP contribution in [0.4, 0.5) is 0 Å². The van der Waals surface area contributed by atoms with E-state index in [9.17, 15) is 0 Å². The van der Waals surface area contributed by atoms with Gasteiger partial charge in [-0.05, 0) is 83.5 Å². The van der Waals surface area contributed by atoms with E-state index in [1.165, 1.54) is 80.0 Å². The van der Waals surface area contributed by atoms with Gasteiger partial charge < -0.3 is 5.32 Å². The van der Waals surface area contributed by atoms with Crippen LogP contribution in [-0.4, -0.2) is 11.7 Å². The summed E-state index contributed by atoms with van der Waals surface area (Å²) in [5, 5.41) is 16.3. The Bertz CT molecular complexity index is 3520.